The maximum atomic E-state index is 12.9. The Bertz CT molecular complexity index is 510. The van der Waals surface area contributed by atoms with E-state index in [4.69, 9.17) is 5.73 Å². The summed E-state index contributed by atoms with van der Waals surface area (Å²) >= 11 is 0. The van der Waals surface area contributed by atoms with Gasteiger partial charge in [0.05, 0.1) is 11.8 Å². The number of amides is 1. The van der Waals surface area contributed by atoms with Gasteiger partial charge in [0, 0.05) is 24.8 Å². The minimum atomic E-state index is 0.183. The third-order valence-electron chi connectivity index (χ3n) is 5.16. The van der Waals surface area contributed by atoms with E-state index in [9.17, 15) is 4.79 Å². The number of aryl methyl sites for hydroxylation is 1. The first kappa shape index (κ1) is 14.6. The predicted octanol–water partition coefficient (Wildman–Crippen LogP) is 1.95. The molecule has 1 amide bonds. The number of carbonyl (C=O) groups excluding carboxylic acids is 1. The van der Waals surface area contributed by atoms with Crippen molar-refractivity contribution in [2.75, 3.05) is 13.1 Å². The van der Waals surface area contributed by atoms with Gasteiger partial charge in [-0.2, -0.15) is 5.10 Å². The topological polar surface area (TPSA) is 64.2 Å². The minimum Gasteiger partial charge on any atom is -0.335 e. The first-order valence-electron chi connectivity index (χ1n) is 8.26. The van der Waals surface area contributed by atoms with Crippen molar-refractivity contribution >= 4 is 5.91 Å². The van der Waals surface area contributed by atoms with Crippen LogP contribution in [0.2, 0.25) is 0 Å². The lowest BCUT2D eigenvalue weighted by Gasteiger charge is -2.37. The van der Waals surface area contributed by atoms with Crippen LogP contribution in [-0.2, 0) is 6.54 Å². The average molecular weight is 290 g/mol. The molecule has 2 atom stereocenters. The quantitative estimate of drug-likeness (QED) is 0.921. The third kappa shape index (κ3) is 2.71. The van der Waals surface area contributed by atoms with Gasteiger partial charge in [0.25, 0.3) is 5.91 Å². The van der Waals surface area contributed by atoms with Crippen LogP contribution >= 0.6 is 0 Å². The van der Waals surface area contributed by atoms with E-state index in [0.29, 0.717) is 12.6 Å². The molecule has 5 heteroatoms. The Balaban J connectivity index is 1.77. The van der Waals surface area contributed by atoms with E-state index in [2.05, 4.69) is 10.00 Å². The molecule has 2 unspecified atom stereocenters. The zero-order valence-corrected chi connectivity index (χ0v) is 12.9. The summed E-state index contributed by atoms with van der Waals surface area (Å²) in [6, 6.07) is 0.470. The second-order valence-electron chi connectivity index (χ2n) is 6.41. The van der Waals surface area contributed by atoms with E-state index in [1.54, 1.807) is 6.20 Å². The molecule has 0 spiro atoms. The van der Waals surface area contributed by atoms with Gasteiger partial charge in [-0.1, -0.05) is 6.42 Å². The molecule has 2 N–H and O–H groups in total. The number of hydrogen-bond donors (Lipinski definition) is 1. The van der Waals surface area contributed by atoms with Gasteiger partial charge in [-0.3, -0.25) is 9.48 Å². The molecule has 0 aromatic carbocycles. The molecule has 1 saturated heterocycles. The Morgan fingerprint density at radius 1 is 1.38 bits per heavy atom. The highest BCUT2D eigenvalue weighted by Gasteiger charge is 2.38. The van der Waals surface area contributed by atoms with Crippen LogP contribution in [-0.4, -0.2) is 39.7 Å². The van der Waals surface area contributed by atoms with Crippen LogP contribution in [0, 0.1) is 12.8 Å². The average Bonchev–Trinajstić information content (AvgIpc) is 3.10. The molecule has 2 heterocycles. The molecule has 1 aromatic rings. The van der Waals surface area contributed by atoms with E-state index < -0.39 is 0 Å². The first-order valence-corrected chi connectivity index (χ1v) is 8.26. The number of fused-ring (bicyclic) bond motifs is 1. The van der Waals surface area contributed by atoms with Crippen molar-refractivity contribution < 1.29 is 4.79 Å². The van der Waals surface area contributed by atoms with E-state index in [1.807, 2.05) is 11.6 Å². The van der Waals surface area contributed by atoms with Gasteiger partial charge in [-0.05, 0) is 51.5 Å². The van der Waals surface area contributed by atoms with Gasteiger partial charge in [-0.25, -0.2) is 0 Å². The van der Waals surface area contributed by atoms with Crippen LogP contribution in [0.4, 0.5) is 0 Å². The summed E-state index contributed by atoms with van der Waals surface area (Å²) in [6.07, 6.45) is 8.82. The van der Waals surface area contributed by atoms with Crippen LogP contribution in [0.25, 0.3) is 0 Å². The lowest BCUT2D eigenvalue weighted by atomic mass is 9.91. The fraction of sp³-hybridized carbons (Fsp3) is 0.750. The van der Waals surface area contributed by atoms with Gasteiger partial charge in [-0.15, -0.1) is 0 Å². The summed E-state index contributed by atoms with van der Waals surface area (Å²) in [7, 11) is 0. The zero-order valence-electron chi connectivity index (χ0n) is 12.9. The molecule has 1 aliphatic heterocycles. The van der Waals surface area contributed by atoms with Crippen molar-refractivity contribution in [1.82, 2.24) is 14.7 Å². The van der Waals surface area contributed by atoms with Crippen LogP contribution in [0.1, 0.15) is 54.6 Å². The zero-order chi connectivity index (χ0) is 14.8. The standard InChI is InChI=1S/C16H26N4O/c1-12-14(11-18-20(12)10-4-8-17)16(21)19-9-3-6-13-5-2-7-15(13)19/h11,13,15H,2-10,17H2,1H3. The van der Waals surface area contributed by atoms with Gasteiger partial charge in [0.15, 0.2) is 0 Å². The highest BCUT2D eigenvalue weighted by molar-refractivity contribution is 5.95. The Hall–Kier alpha value is -1.36. The van der Waals surface area contributed by atoms with Crippen LogP contribution < -0.4 is 5.73 Å². The second-order valence-corrected chi connectivity index (χ2v) is 6.41. The summed E-state index contributed by atoms with van der Waals surface area (Å²) in [6.45, 7) is 4.35. The minimum absolute atomic E-state index is 0.183. The number of nitrogens with two attached hydrogens (primary N) is 1. The van der Waals surface area contributed by atoms with Crippen molar-refractivity contribution in [1.29, 1.82) is 0 Å². The molecule has 116 valence electrons. The molecule has 3 rings (SSSR count). The van der Waals surface area contributed by atoms with Crippen LogP contribution in [0.5, 0.6) is 0 Å². The molecule has 0 radical (unpaired) electrons. The Morgan fingerprint density at radius 2 is 2.19 bits per heavy atom. The largest absolute Gasteiger partial charge is 0.335 e. The highest BCUT2D eigenvalue weighted by Crippen LogP contribution is 2.37. The highest BCUT2D eigenvalue weighted by atomic mass is 16.2. The lowest BCUT2D eigenvalue weighted by Crippen LogP contribution is -2.46. The monoisotopic (exact) mass is 290 g/mol. The molecule has 2 fully saturated rings. The predicted molar refractivity (Wildman–Crippen MR) is 82.0 cm³/mol. The lowest BCUT2D eigenvalue weighted by molar-refractivity contribution is 0.0547. The van der Waals surface area contributed by atoms with E-state index in [1.165, 1.54) is 25.7 Å². The number of aromatic nitrogens is 2. The van der Waals surface area contributed by atoms with E-state index >= 15 is 0 Å². The number of likely N-dealkylation sites (tertiary alicyclic amines) is 1. The Labute approximate surface area is 126 Å². The third-order valence-corrected chi connectivity index (χ3v) is 5.16. The van der Waals surface area contributed by atoms with Gasteiger partial charge in [0.1, 0.15) is 0 Å². The Kier molecular flexibility index (Phi) is 4.29. The molecule has 1 aliphatic carbocycles. The van der Waals surface area contributed by atoms with Gasteiger partial charge < -0.3 is 10.6 Å². The smallest absolute Gasteiger partial charge is 0.257 e. The van der Waals surface area contributed by atoms with Crippen molar-refractivity contribution in [3.05, 3.63) is 17.5 Å². The number of nitrogens with zero attached hydrogens (tertiary/aromatic N) is 3. The summed E-state index contributed by atoms with van der Waals surface area (Å²) in [5, 5.41) is 4.37. The summed E-state index contributed by atoms with van der Waals surface area (Å²) in [4.78, 5) is 15.0. The van der Waals surface area contributed by atoms with Crippen molar-refractivity contribution in [3.63, 3.8) is 0 Å². The van der Waals surface area contributed by atoms with Crippen molar-refractivity contribution in [2.24, 2.45) is 11.7 Å². The second kappa shape index (κ2) is 6.18. The van der Waals surface area contributed by atoms with Crippen LogP contribution in [0.3, 0.4) is 0 Å². The number of carbonyl (C=O) groups is 1. The maximum absolute atomic E-state index is 12.9. The fourth-order valence-corrected chi connectivity index (χ4v) is 3.98. The molecule has 1 aromatic heterocycles. The number of hydrogen-bond acceptors (Lipinski definition) is 3. The van der Waals surface area contributed by atoms with Crippen LogP contribution in [0.15, 0.2) is 6.20 Å². The summed E-state index contributed by atoms with van der Waals surface area (Å²) < 4.78 is 1.91. The van der Waals surface area contributed by atoms with E-state index in [0.717, 1.165) is 43.1 Å². The van der Waals surface area contributed by atoms with Crippen molar-refractivity contribution in [3.8, 4) is 0 Å². The SMILES string of the molecule is Cc1c(C(=O)N2CCCC3CCCC32)cnn1CCCN. The fourth-order valence-electron chi connectivity index (χ4n) is 3.98. The summed E-state index contributed by atoms with van der Waals surface area (Å²) in [5.41, 5.74) is 7.31. The molecule has 2 aliphatic rings. The molecule has 21 heavy (non-hydrogen) atoms. The Morgan fingerprint density at radius 3 is 3.00 bits per heavy atom. The molecule has 0 bridgehead atoms. The van der Waals surface area contributed by atoms with Gasteiger partial charge in [0.2, 0.25) is 0 Å². The van der Waals surface area contributed by atoms with E-state index in [-0.39, 0.29) is 5.91 Å². The maximum Gasteiger partial charge on any atom is 0.257 e. The van der Waals surface area contributed by atoms with Gasteiger partial charge >= 0.3 is 0 Å². The molecule has 1 saturated carbocycles. The normalized spacial score (nSPS) is 25.1. The van der Waals surface area contributed by atoms with Crippen molar-refractivity contribution in [2.45, 2.75) is 58.0 Å². The molecular weight excluding hydrogens is 264 g/mol. The summed E-state index contributed by atoms with van der Waals surface area (Å²) in [5.74, 6) is 0.915. The number of rotatable bonds is 4. The first-order chi connectivity index (χ1) is 10.2. The molecule has 5 nitrogen and oxygen atoms in total. The number of piperidine rings is 1. The molecular formula is C16H26N4O.